The molecule has 0 bridgehead atoms. The number of hydrogen-bond donors (Lipinski definition) is 1. The van der Waals surface area contributed by atoms with E-state index in [0.717, 1.165) is 13.1 Å². The number of halogens is 1. The molecule has 2 heterocycles. The lowest BCUT2D eigenvalue weighted by molar-refractivity contribution is 0.526. The molecule has 0 spiro atoms. The van der Waals surface area contributed by atoms with Crippen LogP contribution in [0.4, 0.5) is 0 Å². The number of nitrogens with one attached hydrogen (secondary N) is 1. The van der Waals surface area contributed by atoms with Gasteiger partial charge in [0.05, 0.1) is 5.69 Å². The molecule has 1 aliphatic rings. The van der Waals surface area contributed by atoms with Gasteiger partial charge in [-0.15, -0.1) is 11.6 Å². The summed E-state index contributed by atoms with van der Waals surface area (Å²) >= 11 is 5.92. The van der Waals surface area contributed by atoms with Crippen LogP contribution in [-0.2, 0) is 0 Å². The van der Waals surface area contributed by atoms with Gasteiger partial charge in [-0.2, -0.15) is 5.10 Å². The van der Waals surface area contributed by atoms with Gasteiger partial charge in [0.1, 0.15) is 0 Å². The molecule has 3 nitrogen and oxygen atoms in total. The summed E-state index contributed by atoms with van der Waals surface area (Å²) in [6.45, 7) is 6.09. The molecule has 0 atom stereocenters. The average molecular weight is 226 g/mol. The van der Waals surface area contributed by atoms with Crippen molar-refractivity contribution in [3.8, 4) is 0 Å². The van der Waals surface area contributed by atoms with E-state index in [4.69, 9.17) is 11.6 Å². The van der Waals surface area contributed by atoms with Crippen LogP contribution in [0, 0.1) is 0 Å². The zero-order valence-corrected chi connectivity index (χ0v) is 9.88. The molecule has 82 valence electrons. The van der Waals surface area contributed by atoms with E-state index in [1.54, 1.807) is 0 Å². The van der Waals surface area contributed by atoms with Crippen molar-refractivity contribution >= 4 is 17.2 Å². The average Bonchev–Trinajstić information content (AvgIpc) is 2.85. The fourth-order valence-corrected chi connectivity index (χ4v) is 2.19. The Labute approximate surface area is 95.1 Å². The first kappa shape index (κ1) is 10.7. The van der Waals surface area contributed by atoms with E-state index in [9.17, 15) is 0 Å². The van der Waals surface area contributed by atoms with Crippen molar-refractivity contribution in [2.45, 2.75) is 19.9 Å². The van der Waals surface area contributed by atoms with Gasteiger partial charge in [-0.1, -0.05) is 0 Å². The second kappa shape index (κ2) is 4.37. The van der Waals surface area contributed by atoms with Crippen LogP contribution in [0.1, 0.15) is 25.6 Å². The molecule has 15 heavy (non-hydrogen) atoms. The lowest BCUT2D eigenvalue weighted by atomic mass is 10.1. The lowest BCUT2D eigenvalue weighted by Crippen LogP contribution is -2.11. The maximum Gasteiger partial charge on any atom is 0.0658 e. The molecular formula is C11H16ClN3. The predicted molar refractivity (Wildman–Crippen MR) is 63.1 cm³/mol. The van der Waals surface area contributed by atoms with Crippen LogP contribution in [0.15, 0.2) is 17.8 Å². The predicted octanol–water partition coefficient (Wildman–Crippen LogP) is 2.06. The standard InChI is InChI=1S/C11H16ClN3/c1-8(2)15-11(3-4-14-15)10-7-13-6-9(10)5-12/h3-4,8,13H,5-7H2,1-2H3. The molecule has 0 saturated carbocycles. The van der Waals surface area contributed by atoms with E-state index < -0.39 is 0 Å². The molecule has 1 N–H and O–H groups in total. The normalized spacial score (nSPS) is 16.8. The van der Waals surface area contributed by atoms with E-state index in [-0.39, 0.29) is 0 Å². The Balaban J connectivity index is 2.40. The van der Waals surface area contributed by atoms with Crippen LogP contribution in [-0.4, -0.2) is 28.8 Å². The Morgan fingerprint density at radius 3 is 3.00 bits per heavy atom. The zero-order valence-electron chi connectivity index (χ0n) is 9.13. The summed E-state index contributed by atoms with van der Waals surface area (Å²) in [5, 5.41) is 7.67. The zero-order chi connectivity index (χ0) is 10.8. The number of nitrogens with zero attached hydrogens (tertiary/aromatic N) is 2. The second-order valence-corrected chi connectivity index (χ2v) is 4.34. The SMILES string of the molecule is CC(C)n1nccc1C1=C(CCl)CNC1. The first-order chi connectivity index (χ1) is 7.24. The van der Waals surface area contributed by atoms with Crippen LogP contribution in [0.25, 0.3) is 5.57 Å². The summed E-state index contributed by atoms with van der Waals surface area (Å²) in [4.78, 5) is 0. The molecule has 1 aliphatic heterocycles. The quantitative estimate of drug-likeness (QED) is 0.799. The highest BCUT2D eigenvalue weighted by atomic mass is 35.5. The third-order valence-electron chi connectivity index (χ3n) is 2.70. The molecule has 4 heteroatoms. The highest BCUT2D eigenvalue weighted by molar-refractivity contribution is 6.20. The van der Waals surface area contributed by atoms with Gasteiger partial charge < -0.3 is 5.32 Å². The highest BCUT2D eigenvalue weighted by Crippen LogP contribution is 2.24. The number of rotatable bonds is 3. The minimum Gasteiger partial charge on any atom is -0.309 e. The smallest absolute Gasteiger partial charge is 0.0658 e. The molecule has 2 rings (SSSR count). The van der Waals surface area contributed by atoms with Crippen LogP contribution in [0.2, 0.25) is 0 Å². The molecular weight excluding hydrogens is 210 g/mol. The van der Waals surface area contributed by atoms with Crippen molar-refractivity contribution in [2.24, 2.45) is 0 Å². The minimum absolute atomic E-state index is 0.389. The van der Waals surface area contributed by atoms with Crippen molar-refractivity contribution in [1.82, 2.24) is 15.1 Å². The summed E-state index contributed by atoms with van der Waals surface area (Å²) in [5.41, 5.74) is 3.81. The Bertz CT molecular complexity index is 379. The number of alkyl halides is 1. The molecule has 0 aromatic carbocycles. The molecule has 1 aromatic heterocycles. The van der Waals surface area contributed by atoms with Gasteiger partial charge >= 0.3 is 0 Å². The van der Waals surface area contributed by atoms with Crippen LogP contribution >= 0.6 is 11.6 Å². The Hall–Kier alpha value is -0.800. The van der Waals surface area contributed by atoms with Gasteiger partial charge in [0.25, 0.3) is 0 Å². The first-order valence-electron chi connectivity index (χ1n) is 5.25. The maximum absolute atomic E-state index is 5.92. The Morgan fingerprint density at radius 2 is 2.33 bits per heavy atom. The first-order valence-corrected chi connectivity index (χ1v) is 5.79. The van der Waals surface area contributed by atoms with Crippen molar-refractivity contribution in [1.29, 1.82) is 0 Å². The largest absolute Gasteiger partial charge is 0.309 e. The molecule has 0 radical (unpaired) electrons. The Morgan fingerprint density at radius 1 is 1.53 bits per heavy atom. The summed E-state index contributed by atoms with van der Waals surface area (Å²) in [6.07, 6.45) is 1.85. The monoisotopic (exact) mass is 225 g/mol. The van der Waals surface area contributed by atoms with Crippen LogP contribution in [0.3, 0.4) is 0 Å². The van der Waals surface area contributed by atoms with Crippen molar-refractivity contribution in [2.75, 3.05) is 19.0 Å². The van der Waals surface area contributed by atoms with Gasteiger partial charge in [0, 0.05) is 31.2 Å². The van der Waals surface area contributed by atoms with Crippen molar-refractivity contribution < 1.29 is 0 Å². The van der Waals surface area contributed by atoms with E-state index in [1.807, 2.05) is 6.20 Å². The Kier molecular flexibility index (Phi) is 3.12. The third kappa shape index (κ3) is 1.94. The molecule has 1 aromatic rings. The van der Waals surface area contributed by atoms with Gasteiger partial charge in [-0.3, -0.25) is 4.68 Å². The minimum atomic E-state index is 0.389. The van der Waals surface area contributed by atoms with Crippen molar-refractivity contribution in [3.63, 3.8) is 0 Å². The van der Waals surface area contributed by atoms with Gasteiger partial charge in [-0.25, -0.2) is 0 Å². The summed E-state index contributed by atoms with van der Waals surface area (Å²) < 4.78 is 2.05. The maximum atomic E-state index is 5.92. The number of hydrogen-bond acceptors (Lipinski definition) is 2. The second-order valence-electron chi connectivity index (χ2n) is 4.07. The summed E-state index contributed by atoms with van der Waals surface area (Å²) in [7, 11) is 0. The molecule has 0 amide bonds. The van der Waals surface area contributed by atoms with Gasteiger partial charge in [0.15, 0.2) is 0 Å². The third-order valence-corrected chi connectivity index (χ3v) is 3.02. The van der Waals surface area contributed by atoms with E-state index in [1.165, 1.54) is 16.8 Å². The molecule has 0 unspecified atom stereocenters. The van der Waals surface area contributed by atoms with Crippen LogP contribution < -0.4 is 5.32 Å². The highest BCUT2D eigenvalue weighted by Gasteiger charge is 2.18. The summed E-state index contributed by atoms with van der Waals surface area (Å²) in [6, 6.07) is 2.45. The number of aromatic nitrogens is 2. The fraction of sp³-hybridized carbons (Fsp3) is 0.545. The molecule has 0 fully saturated rings. The lowest BCUT2D eigenvalue weighted by Gasteiger charge is -2.12. The fourth-order valence-electron chi connectivity index (χ4n) is 1.93. The molecule has 0 aliphatic carbocycles. The van der Waals surface area contributed by atoms with Crippen LogP contribution in [0.5, 0.6) is 0 Å². The summed E-state index contributed by atoms with van der Waals surface area (Å²) in [5.74, 6) is 0.603. The van der Waals surface area contributed by atoms with Gasteiger partial charge in [0.2, 0.25) is 0 Å². The van der Waals surface area contributed by atoms with Crippen molar-refractivity contribution in [3.05, 3.63) is 23.5 Å². The molecule has 0 saturated heterocycles. The topological polar surface area (TPSA) is 29.9 Å². The van der Waals surface area contributed by atoms with Gasteiger partial charge in [-0.05, 0) is 31.1 Å². The van der Waals surface area contributed by atoms with E-state index in [2.05, 4.69) is 35.0 Å². The van der Waals surface area contributed by atoms with E-state index >= 15 is 0 Å². The van der Waals surface area contributed by atoms with E-state index in [0.29, 0.717) is 11.9 Å².